The van der Waals surface area contributed by atoms with E-state index in [1.165, 1.54) is 12.2 Å². The largest absolute Gasteiger partial charge is 0.397 e. The number of carbonyl (C=O) groups is 2. The molecule has 0 saturated heterocycles. The number of allylic oxidation sites excluding steroid dienone is 1. The number of hydrogen-bond donors (Lipinski definition) is 2. The van der Waals surface area contributed by atoms with Crippen LogP contribution in [0.2, 0.25) is 0 Å². The third-order valence-corrected chi connectivity index (χ3v) is 3.73. The number of ether oxygens (including phenoxy) is 1. The molecule has 1 heterocycles. The van der Waals surface area contributed by atoms with Crippen molar-refractivity contribution in [2.24, 2.45) is 11.8 Å². The Hall–Kier alpha value is -2.06. The molecule has 1 aromatic heterocycles. The van der Waals surface area contributed by atoms with Gasteiger partial charge in [-0.1, -0.05) is 46.8 Å². The number of amides is 1. The summed E-state index contributed by atoms with van der Waals surface area (Å²) in [5, 5.41) is 18.4. The molecule has 0 spiro atoms. The summed E-state index contributed by atoms with van der Waals surface area (Å²) < 4.78 is 7.64. The molecule has 0 aromatic carbocycles. The van der Waals surface area contributed by atoms with Crippen molar-refractivity contribution in [2.75, 3.05) is 13.2 Å². The Labute approximate surface area is 188 Å². The average Bonchev–Trinajstić information content (AvgIpc) is 3.12. The Bertz CT molecular complexity index is 637. The molecule has 1 amide bonds. The van der Waals surface area contributed by atoms with Crippen LogP contribution in [0.3, 0.4) is 0 Å². The number of ketones is 1. The molecule has 0 aliphatic heterocycles. The van der Waals surface area contributed by atoms with Gasteiger partial charge < -0.3 is 15.2 Å². The molecule has 0 fully saturated rings. The smallest absolute Gasteiger partial charge is 0.244 e. The molecule has 2 N–H and O–H groups in total. The lowest BCUT2D eigenvalue weighted by Gasteiger charge is -2.25. The predicted molar refractivity (Wildman–Crippen MR) is 124 cm³/mol. The maximum absolute atomic E-state index is 11.7. The van der Waals surface area contributed by atoms with Crippen LogP contribution in [-0.2, 0) is 27.4 Å². The first-order chi connectivity index (χ1) is 14.5. The Morgan fingerprint density at radius 2 is 1.81 bits per heavy atom. The highest BCUT2D eigenvalue weighted by molar-refractivity contribution is 5.98. The van der Waals surface area contributed by atoms with Crippen LogP contribution in [0, 0.1) is 11.8 Å². The number of aliphatic hydroxyl groups is 1. The number of hydrogen-bond acceptors (Lipinski definition) is 6. The molecule has 180 valence electrons. The van der Waals surface area contributed by atoms with Crippen molar-refractivity contribution in [3.05, 3.63) is 24.0 Å². The van der Waals surface area contributed by atoms with Gasteiger partial charge in [0.05, 0.1) is 24.9 Å². The molecule has 31 heavy (non-hydrogen) atoms. The lowest BCUT2D eigenvalue weighted by atomic mass is 10.1. The molecule has 0 saturated carbocycles. The van der Waals surface area contributed by atoms with Gasteiger partial charge >= 0.3 is 0 Å². The van der Waals surface area contributed by atoms with Crippen LogP contribution in [0.5, 0.6) is 0 Å². The second-order valence-corrected chi connectivity index (χ2v) is 8.12. The molecule has 1 aromatic rings. The number of nitrogens with one attached hydrogen (secondary N) is 1. The standard InChI is InChI=1S/C19H32N4O3.C2H6O.C2H6/c1-14(2)9-10-26-19(5,6)13-23-12-16(21-22-23)11-20-18(25)8-7-17(24)15(3)4;1-2-3;1-2/h7-8,12,14-15H,9-11,13H2,1-6H3,(H,20,25);3H,2H2,1H3;1-2H3/b8-7-;;. The third kappa shape index (κ3) is 17.3. The number of rotatable bonds is 11. The quantitative estimate of drug-likeness (QED) is 0.510. The second kappa shape index (κ2) is 17.6. The van der Waals surface area contributed by atoms with Gasteiger partial charge in [-0.05, 0) is 39.2 Å². The topological polar surface area (TPSA) is 106 Å². The van der Waals surface area contributed by atoms with E-state index in [4.69, 9.17) is 9.84 Å². The van der Waals surface area contributed by atoms with Crippen molar-refractivity contribution in [1.29, 1.82) is 0 Å². The SMILES string of the molecule is CC.CC(C)CCOC(C)(C)Cn1cc(CNC(=O)/C=C\C(=O)C(C)C)nn1.CCO. The van der Waals surface area contributed by atoms with E-state index in [9.17, 15) is 9.59 Å². The van der Waals surface area contributed by atoms with Crippen molar-refractivity contribution in [3.63, 3.8) is 0 Å². The minimum atomic E-state index is -0.344. The zero-order chi connectivity index (χ0) is 24.4. The zero-order valence-electron chi connectivity index (χ0n) is 20.9. The van der Waals surface area contributed by atoms with E-state index in [1.807, 2.05) is 27.7 Å². The normalized spacial score (nSPS) is 11.1. The summed E-state index contributed by atoms with van der Waals surface area (Å²) in [5.41, 5.74) is 0.309. The van der Waals surface area contributed by atoms with Crippen LogP contribution in [-0.4, -0.2) is 50.6 Å². The summed E-state index contributed by atoms with van der Waals surface area (Å²) in [6.07, 6.45) is 5.36. The van der Waals surface area contributed by atoms with E-state index in [0.29, 0.717) is 24.8 Å². The first kappa shape index (κ1) is 31.1. The molecule has 0 unspecified atom stereocenters. The molecule has 8 heteroatoms. The predicted octanol–water partition coefficient (Wildman–Crippen LogP) is 3.54. The van der Waals surface area contributed by atoms with Crippen molar-refractivity contribution in [1.82, 2.24) is 20.3 Å². The van der Waals surface area contributed by atoms with E-state index < -0.39 is 0 Å². The summed E-state index contributed by atoms with van der Waals surface area (Å²) in [6.45, 7) is 19.4. The first-order valence-corrected chi connectivity index (χ1v) is 11.1. The van der Waals surface area contributed by atoms with Gasteiger partial charge in [-0.2, -0.15) is 0 Å². The van der Waals surface area contributed by atoms with E-state index >= 15 is 0 Å². The van der Waals surface area contributed by atoms with Crippen LogP contribution in [0.15, 0.2) is 18.3 Å². The summed E-state index contributed by atoms with van der Waals surface area (Å²) in [7, 11) is 0. The van der Waals surface area contributed by atoms with Gasteiger partial charge in [0, 0.05) is 25.2 Å². The summed E-state index contributed by atoms with van der Waals surface area (Å²) in [4.78, 5) is 23.2. The minimum absolute atomic E-state index is 0.0780. The molecule has 0 bridgehead atoms. The summed E-state index contributed by atoms with van der Waals surface area (Å²) >= 11 is 0. The molecular formula is C23H44N4O4. The monoisotopic (exact) mass is 440 g/mol. The Balaban J connectivity index is 0. The Kier molecular flexibility index (Phi) is 17.7. The maximum Gasteiger partial charge on any atom is 0.244 e. The Morgan fingerprint density at radius 1 is 1.23 bits per heavy atom. The van der Waals surface area contributed by atoms with Crippen LogP contribution < -0.4 is 5.32 Å². The molecule has 0 atom stereocenters. The summed E-state index contributed by atoms with van der Waals surface area (Å²) in [5.74, 6) is 0.0824. The molecule has 8 nitrogen and oxygen atoms in total. The van der Waals surface area contributed by atoms with Gasteiger partial charge in [0.25, 0.3) is 0 Å². The molecule has 0 radical (unpaired) electrons. The van der Waals surface area contributed by atoms with Gasteiger partial charge in [0.1, 0.15) is 5.69 Å². The van der Waals surface area contributed by atoms with E-state index in [0.717, 1.165) is 6.42 Å². The highest BCUT2D eigenvalue weighted by atomic mass is 16.5. The number of nitrogens with zero attached hydrogens (tertiary/aromatic N) is 3. The number of carbonyl (C=O) groups excluding carboxylic acids is 2. The number of aliphatic hydroxyl groups excluding tert-OH is 1. The van der Waals surface area contributed by atoms with Gasteiger partial charge in [-0.15, -0.1) is 5.10 Å². The van der Waals surface area contributed by atoms with Crippen LogP contribution >= 0.6 is 0 Å². The number of aromatic nitrogens is 3. The van der Waals surface area contributed by atoms with Crippen LogP contribution in [0.4, 0.5) is 0 Å². The van der Waals surface area contributed by atoms with Gasteiger partial charge in [0.15, 0.2) is 5.78 Å². The van der Waals surface area contributed by atoms with Gasteiger partial charge in [-0.3, -0.25) is 9.59 Å². The van der Waals surface area contributed by atoms with Crippen molar-refractivity contribution >= 4 is 11.7 Å². The minimum Gasteiger partial charge on any atom is -0.397 e. The fourth-order valence-electron chi connectivity index (χ4n) is 2.09. The highest BCUT2D eigenvalue weighted by Gasteiger charge is 2.20. The summed E-state index contributed by atoms with van der Waals surface area (Å²) in [6, 6.07) is 0. The van der Waals surface area contributed by atoms with Gasteiger partial charge in [-0.25, -0.2) is 4.68 Å². The zero-order valence-corrected chi connectivity index (χ0v) is 20.9. The highest BCUT2D eigenvalue weighted by Crippen LogP contribution is 2.14. The van der Waals surface area contributed by atoms with E-state index in [1.54, 1.807) is 31.6 Å². The average molecular weight is 441 g/mol. The van der Waals surface area contributed by atoms with Crippen molar-refractivity contribution in [2.45, 2.75) is 87.4 Å². The fourth-order valence-corrected chi connectivity index (χ4v) is 2.09. The fraction of sp³-hybridized carbons (Fsp3) is 0.739. The van der Waals surface area contributed by atoms with Crippen molar-refractivity contribution < 1.29 is 19.4 Å². The van der Waals surface area contributed by atoms with E-state index in [2.05, 4.69) is 29.5 Å². The van der Waals surface area contributed by atoms with Crippen LogP contribution in [0.1, 0.15) is 74.4 Å². The van der Waals surface area contributed by atoms with Gasteiger partial charge in [0.2, 0.25) is 5.91 Å². The second-order valence-electron chi connectivity index (χ2n) is 8.12. The lowest BCUT2D eigenvalue weighted by molar-refractivity contribution is -0.119. The third-order valence-electron chi connectivity index (χ3n) is 3.73. The molecular weight excluding hydrogens is 396 g/mol. The molecule has 1 rings (SSSR count). The van der Waals surface area contributed by atoms with Crippen LogP contribution in [0.25, 0.3) is 0 Å². The maximum atomic E-state index is 11.7. The van der Waals surface area contributed by atoms with Crippen molar-refractivity contribution in [3.8, 4) is 0 Å². The Morgan fingerprint density at radius 3 is 2.32 bits per heavy atom. The van der Waals surface area contributed by atoms with E-state index in [-0.39, 0.29) is 36.4 Å². The molecule has 0 aliphatic rings. The molecule has 0 aliphatic carbocycles. The lowest BCUT2D eigenvalue weighted by Crippen LogP contribution is -2.31. The first-order valence-electron chi connectivity index (χ1n) is 11.1.